The fourth-order valence-electron chi connectivity index (χ4n) is 2.21. The molecule has 0 bridgehead atoms. The van der Waals surface area contributed by atoms with Crippen molar-refractivity contribution in [2.45, 2.75) is 25.8 Å². The molecule has 90 valence electrons. The highest BCUT2D eigenvalue weighted by Gasteiger charge is 2.52. The Morgan fingerprint density at radius 2 is 2.06 bits per heavy atom. The van der Waals surface area contributed by atoms with E-state index in [9.17, 15) is 9.59 Å². The Labute approximate surface area is 94.4 Å². The molecule has 2 atom stereocenters. The number of aliphatic carboxylic acids is 1. The zero-order chi connectivity index (χ0) is 11.9. The molecule has 1 saturated heterocycles. The summed E-state index contributed by atoms with van der Waals surface area (Å²) in [5.74, 6) is -1.66. The number of ether oxygens (including phenoxy) is 1. The van der Waals surface area contributed by atoms with E-state index in [1.54, 1.807) is 4.90 Å². The molecule has 16 heavy (non-hydrogen) atoms. The molecule has 1 aliphatic heterocycles. The summed E-state index contributed by atoms with van der Waals surface area (Å²) in [5, 5.41) is 8.81. The van der Waals surface area contributed by atoms with Gasteiger partial charge in [0.1, 0.15) is 0 Å². The Kier molecular flexibility index (Phi) is 2.66. The van der Waals surface area contributed by atoms with Crippen LogP contribution in [-0.2, 0) is 14.3 Å². The van der Waals surface area contributed by atoms with Crippen LogP contribution in [0.5, 0.6) is 0 Å². The minimum Gasteiger partial charge on any atom is -0.481 e. The highest BCUT2D eigenvalue weighted by Crippen LogP contribution is 2.41. The number of carboxylic acids is 1. The predicted molar refractivity (Wildman–Crippen MR) is 55.8 cm³/mol. The summed E-state index contributed by atoms with van der Waals surface area (Å²) in [6.45, 7) is 5.52. The third-order valence-electron chi connectivity index (χ3n) is 3.34. The van der Waals surface area contributed by atoms with Crippen LogP contribution < -0.4 is 0 Å². The van der Waals surface area contributed by atoms with Gasteiger partial charge in [0, 0.05) is 6.54 Å². The number of hydrogen-bond acceptors (Lipinski definition) is 3. The van der Waals surface area contributed by atoms with Crippen molar-refractivity contribution in [3.05, 3.63) is 0 Å². The summed E-state index contributed by atoms with van der Waals surface area (Å²) < 4.78 is 5.33. The summed E-state index contributed by atoms with van der Waals surface area (Å²) in [4.78, 5) is 24.6. The maximum absolute atomic E-state index is 12.1. The van der Waals surface area contributed by atoms with Gasteiger partial charge in [-0.2, -0.15) is 0 Å². The maximum Gasteiger partial charge on any atom is 0.307 e. The van der Waals surface area contributed by atoms with E-state index in [4.69, 9.17) is 9.84 Å². The molecular weight excluding hydrogens is 210 g/mol. The van der Waals surface area contributed by atoms with Gasteiger partial charge < -0.3 is 14.7 Å². The Balaban J connectivity index is 2.02. The van der Waals surface area contributed by atoms with Gasteiger partial charge in [-0.1, -0.05) is 0 Å². The summed E-state index contributed by atoms with van der Waals surface area (Å²) in [5.41, 5.74) is -0.318. The lowest BCUT2D eigenvalue weighted by molar-refractivity contribution is -0.150. The number of carboxylic acid groups (broad SMARTS) is 1. The van der Waals surface area contributed by atoms with Gasteiger partial charge in [-0.3, -0.25) is 9.59 Å². The Morgan fingerprint density at radius 1 is 1.38 bits per heavy atom. The maximum atomic E-state index is 12.1. The first kappa shape index (κ1) is 11.4. The van der Waals surface area contributed by atoms with Crippen LogP contribution in [0.15, 0.2) is 0 Å². The second kappa shape index (κ2) is 3.73. The molecule has 0 radical (unpaired) electrons. The molecule has 0 spiro atoms. The molecule has 2 aliphatic rings. The molecular formula is C11H17NO4. The van der Waals surface area contributed by atoms with Crippen LogP contribution in [0.1, 0.15) is 20.3 Å². The highest BCUT2D eigenvalue weighted by atomic mass is 16.5. The zero-order valence-corrected chi connectivity index (χ0v) is 9.60. The number of nitrogens with zero attached hydrogens (tertiary/aromatic N) is 1. The van der Waals surface area contributed by atoms with Crippen LogP contribution in [0.25, 0.3) is 0 Å². The van der Waals surface area contributed by atoms with E-state index in [-0.39, 0.29) is 17.4 Å². The van der Waals surface area contributed by atoms with Gasteiger partial charge >= 0.3 is 5.97 Å². The van der Waals surface area contributed by atoms with Crippen LogP contribution >= 0.6 is 0 Å². The molecule has 5 nitrogen and oxygen atoms in total. The third-order valence-corrected chi connectivity index (χ3v) is 3.34. The number of amides is 1. The van der Waals surface area contributed by atoms with E-state index >= 15 is 0 Å². The lowest BCUT2D eigenvalue weighted by Gasteiger charge is -2.42. The van der Waals surface area contributed by atoms with Gasteiger partial charge in [0.25, 0.3) is 0 Å². The first-order chi connectivity index (χ1) is 7.43. The number of carbonyl (C=O) groups excluding carboxylic acids is 1. The largest absolute Gasteiger partial charge is 0.481 e. The second-order valence-corrected chi connectivity index (χ2v) is 5.14. The Hall–Kier alpha value is -1.10. The molecule has 5 heteroatoms. The minimum absolute atomic E-state index is 0.0271. The van der Waals surface area contributed by atoms with Crippen molar-refractivity contribution in [2.75, 3.05) is 19.8 Å². The molecule has 2 fully saturated rings. The van der Waals surface area contributed by atoms with Crippen LogP contribution in [0.2, 0.25) is 0 Å². The van der Waals surface area contributed by atoms with Crippen molar-refractivity contribution in [1.82, 2.24) is 4.90 Å². The number of rotatable bonds is 2. The van der Waals surface area contributed by atoms with Gasteiger partial charge in [0.2, 0.25) is 5.91 Å². The quantitative estimate of drug-likeness (QED) is 0.739. The van der Waals surface area contributed by atoms with Crippen LogP contribution in [0.4, 0.5) is 0 Å². The van der Waals surface area contributed by atoms with E-state index in [2.05, 4.69) is 0 Å². The number of carbonyl (C=O) groups is 2. The van der Waals surface area contributed by atoms with Gasteiger partial charge in [0.05, 0.1) is 30.6 Å². The number of morpholine rings is 1. The lowest BCUT2D eigenvalue weighted by atomic mass is 10.0. The molecule has 0 aromatic rings. The normalized spacial score (nSPS) is 32.2. The fraction of sp³-hybridized carbons (Fsp3) is 0.818. The smallest absolute Gasteiger partial charge is 0.307 e. The van der Waals surface area contributed by atoms with E-state index in [1.807, 2.05) is 13.8 Å². The van der Waals surface area contributed by atoms with E-state index in [0.29, 0.717) is 26.2 Å². The molecule has 1 heterocycles. The predicted octanol–water partition coefficient (Wildman–Crippen LogP) is 0.344. The topological polar surface area (TPSA) is 66.8 Å². The fourth-order valence-corrected chi connectivity index (χ4v) is 2.21. The monoisotopic (exact) mass is 227 g/mol. The first-order valence-electron chi connectivity index (χ1n) is 5.55. The van der Waals surface area contributed by atoms with Crippen LogP contribution in [0.3, 0.4) is 0 Å². The lowest BCUT2D eigenvalue weighted by Crippen LogP contribution is -2.56. The van der Waals surface area contributed by atoms with E-state index < -0.39 is 11.9 Å². The number of hydrogen-bond donors (Lipinski definition) is 1. The second-order valence-electron chi connectivity index (χ2n) is 5.14. The summed E-state index contributed by atoms with van der Waals surface area (Å²) in [6, 6.07) is 0. The Morgan fingerprint density at radius 3 is 2.56 bits per heavy atom. The zero-order valence-electron chi connectivity index (χ0n) is 9.60. The van der Waals surface area contributed by atoms with Crippen molar-refractivity contribution in [2.24, 2.45) is 11.8 Å². The summed E-state index contributed by atoms with van der Waals surface area (Å²) in [6.07, 6.45) is 0.488. The van der Waals surface area contributed by atoms with Gasteiger partial charge in [-0.15, -0.1) is 0 Å². The van der Waals surface area contributed by atoms with Gasteiger partial charge in [0.15, 0.2) is 0 Å². The SMILES string of the molecule is CC1(C)COCCN1C(=O)[C@@H]1C[C@@H]1C(=O)O. The average molecular weight is 227 g/mol. The summed E-state index contributed by atoms with van der Waals surface area (Å²) >= 11 is 0. The van der Waals surface area contributed by atoms with Gasteiger partial charge in [-0.05, 0) is 20.3 Å². The molecule has 0 aromatic carbocycles. The van der Waals surface area contributed by atoms with Crippen LogP contribution in [-0.4, -0.2) is 47.2 Å². The third kappa shape index (κ3) is 1.91. The molecule has 2 rings (SSSR count). The molecule has 1 amide bonds. The van der Waals surface area contributed by atoms with Gasteiger partial charge in [-0.25, -0.2) is 0 Å². The molecule has 1 aliphatic carbocycles. The highest BCUT2D eigenvalue weighted by molar-refractivity contribution is 5.89. The minimum atomic E-state index is -0.857. The van der Waals surface area contributed by atoms with Crippen molar-refractivity contribution >= 4 is 11.9 Å². The average Bonchev–Trinajstić information content (AvgIpc) is 2.95. The molecule has 1 saturated carbocycles. The van der Waals surface area contributed by atoms with Crippen molar-refractivity contribution in [3.63, 3.8) is 0 Å². The van der Waals surface area contributed by atoms with Crippen molar-refractivity contribution in [1.29, 1.82) is 0 Å². The molecule has 1 N–H and O–H groups in total. The summed E-state index contributed by atoms with van der Waals surface area (Å²) in [7, 11) is 0. The Bertz CT molecular complexity index is 326. The molecule has 0 aromatic heterocycles. The van der Waals surface area contributed by atoms with Crippen molar-refractivity contribution in [3.8, 4) is 0 Å². The van der Waals surface area contributed by atoms with E-state index in [0.717, 1.165) is 0 Å². The van der Waals surface area contributed by atoms with Crippen LogP contribution in [0, 0.1) is 11.8 Å². The van der Waals surface area contributed by atoms with Crippen molar-refractivity contribution < 1.29 is 19.4 Å². The standard InChI is InChI=1S/C11H17NO4/c1-11(2)6-16-4-3-12(11)9(13)7-5-8(7)10(14)15/h7-8H,3-6H2,1-2H3,(H,14,15)/t7-,8+/m1/s1. The molecule has 0 unspecified atom stereocenters. The first-order valence-corrected chi connectivity index (χ1v) is 5.55. The van der Waals surface area contributed by atoms with E-state index in [1.165, 1.54) is 0 Å².